The Kier molecular flexibility index (Phi) is 5.28. The number of aromatic carboxylic acids is 1. The number of anilines is 2. The summed E-state index contributed by atoms with van der Waals surface area (Å²) in [5, 5.41) is 12.5. The molecular weight excluding hydrogens is 396 g/mol. The van der Waals surface area contributed by atoms with Crippen molar-refractivity contribution >= 4 is 40.8 Å². The van der Waals surface area contributed by atoms with Crippen LogP contribution in [-0.2, 0) is 9.59 Å². The number of carbonyl (C=O) groups is 3. The van der Waals surface area contributed by atoms with Crippen LogP contribution >= 0.6 is 11.6 Å². The number of nitrogens with one attached hydrogen (secondary N) is 1. The maximum Gasteiger partial charge on any atom is 0.335 e. The number of hydrogen-bond donors (Lipinski definition) is 2. The highest BCUT2D eigenvalue weighted by molar-refractivity contribution is 6.31. The van der Waals surface area contributed by atoms with Gasteiger partial charge in [0, 0.05) is 10.7 Å². The minimum absolute atomic E-state index is 0.0280. The van der Waals surface area contributed by atoms with Gasteiger partial charge < -0.3 is 15.2 Å². The molecule has 0 aliphatic carbocycles. The molecule has 0 bridgehead atoms. The summed E-state index contributed by atoms with van der Waals surface area (Å²) in [4.78, 5) is 38.5. The number of carbonyl (C=O) groups excluding carboxylic acids is 2. The zero-order valence-corrected chi connectivity index (χ0v) is 17.2. The fraction of sp³-hybridized carbons (Fsp3) is 0.286. The maximum atomic E-state index is 13.0. The van der Waals surface area contributed by atoms with Gasteiger partial charge in [-0.3, -0.25) is 14.5 Å². The average molecular weight is 417 g/mol. The Balaban J connectivity index is 1.95. The maximum absolute atomic E-state index is 13.0. The van der Waals surface area contributed by atoms with Gasteiger partial charge in [0.1, 0.15) is 11.8 Å². The van der Waals surface area contributed by atoms with E-state index in [1.807, 2.05) is 6.92 Å². The summed E-state index contributed by atoms with van der Waals surface area (Å²) in [6.07, 6.45) is 0. The number of carboxylic acids is 1. The summed E-state index contributed by atoms with van der Waals surface area (Å²) in [6, 6.07) is 8.47. The molecular formula is C21H21ClN2O5. The van der Waals surface area contributed by atoms with Crippen LogP contribution in [0.3, 0.4) is 0 Å². The smallest absolute Gasteiger partial charge is 0.335 e. The van der Waals surface area contributed by atoms with Gasteiger partial charge in [0.05, 0.1) is 11.3 Å². The average Bonchev–Trinajstić information content (AvgIpc) is 2.64. The molecule has 1 atom stereocenters. The van der Waals surface area contributed by atoms with Crippen molar-refractivity contribution < 1.29 is 24.2 Å². The van der Waals surface area contributed by atoms with Crippen LogP contribution in [0.5, 0.6) is 5.75 Å². The second kappa shape index (κ2) is 7.40. The molecule has 2 amide bonds. The molecule has 0 aromatic heterocycles. The fourth-order valence-electron chi connectivity index (χ4n) is 3.07. The Morgan fingerprint density at radius 1 is 1.21 bits per heavy atom. The third kappa shape index (κ3) is 3.91. The first kappa shape index (κ1) is 20.7. The van der Waals surface area contributed by atoms with E-state index < -0.39 is 29.4 Å². The van der Waals surface area contributed by atoms with Crippen LogP contribution in [0.15, 0.2) is 36.4 Å². The quantitative estimate of drug-likeness (QED) is 0.788. The van der Waals surface area contributed by atoms with E-state index in [1.54, 1.807) is 39.0 Å². The highest BCUT2D eigenvalue weighted by Crippen LogP contribution is 2.39. The van der Waals surface area contributed by atoms with Gasteiger partial charge in [-0.25, -0.2) is 4.79 Å². The van der Waals surface area contributed by atoms with Crippen molar-refractivity contribution in [2.24, 2.45) is 0 Å². The monoisotopic (exact) mass is 416 g/mol. The Labute approximate surface area is 173 Å². The SMILES string of the molecule is Cc1ccc(NC(=O)C(C)N2C(=O)C(C)(C)Oc3cc(C(=O)O)ccc32)cc1Cl. The van der Waals surface area contributed by atoms with E-state index in [2.05, 4.69) is 5.32 Å². The third-order valence-corrected chi connectivity index (χ3v) is 5.18. The summed E-state index contributed by atoms with van der Waals surface area (Å²) in [6.45, 7) is 6.60. The van der Waals surface area contributed by atoms with E-state index >= 15 is 0 Å². The molecule has 1 aliphatic heterocycles. The number of fused-ring (bicyclic) bond motifs is 1. The number of halogens is 1. The lowest BCUT2D eigenvalue weighted by Crippen LogP contribution is -2.57. The first-order chi connectivity index (χ1) is 13.5. The largest absolute Gasteiger partial charge is 0.478 e. The molecule has 2 aromatic carbocycles. The summed E-state index contributed by atoms with van der Waals surface area (Å²) < 4.78 is 5.73. The first-order valence-electron chi connectivity index (χ1n) is 8.98. The van der Waals surface area contributed by atoms with Gasteiger partial charge in [0.25, 0.3) is 5.91 Å². The van der Waals surface area contributed by atoms with E-state index in [0.717, 1.165) is 5.56 Å². The summed E-state index contributed by atoms with van der Waals surface area (Å²) in [5.41, 5.74) is 0.500. The number of benzene rings is 2. The Morgan fingerprint density at radius 2 is 1.90 bits per heavy atom. The molecule has 1 heterocycles. The lowest BCUT2D eigenvalue weighted by atomic mass is 10.0. The zero-order valence-electron chi connectivity index (χ0n) is 16.4. The van der Waals surface area contributed by atoms with Crippen LogP contribution < -0.4 is 15.0 Å². The highest BCUT2D eigenvalue weighted by Gasteiger charge is 2.44. The molecule has 0 spiro atoms. The molecule has 2 N–H and O–H groups in total. The molecule has 8 heteroatoms. The van der Waals surface area contributed by atoms with Crippen LogP contribution in [-0.4, -0.2) is 34.5 Å². The zero-order chi connectivity index (χ0) is 21.5. The summed E-state index contributed by atoms with van der Waals surface area (Å²) >= 11 is 6.11. The van der Waals surface area contributed by atoms with Gasteiger partial charge in [0.15, 0.2) is 5.60 Å². The summed E-state index contributed by atoms with van der Waals surface area (Å²) in [5.74, 6) is -1.70. The molecule has 0 fully saturated rings. The van der Waals surface area contributed by atoms with Gasteiger partial charge in [0.2, 0.25) is 5.91 Å². The molecule has 3 rings (SSSR count). The van der Waals surface area contributed by atoms with E-state index in [1.165, 1.54) is 23.1 Å². The van der Waals surface area contributed by atoms with Gasteiger partial charge in [-0.05, 0) is 63.6 Å². The van der Waals surface area contributed by atoms with Gasteiger partial charge in [-0.1, -0.05) is 17.7 Å². The van der Waals surface area contributed by atoms with Crippen molar-refractivity contribution in [2.75, 3.05) is 10.2 Å². The van der Waals surface area contributed by atoms with Crippen molar-refractivity contribution in [3.63, 3.8) is 0 Å². The van der Waals surface area contributed by atoms with Crippen molar-refractivity contribution in [3.8, 4) is 5.75 Å². The van der Waals surface area contributed by atoms with Crippen molar-refractivity contribution in [3.05, 3.63) is 52.5 Å². The molecule has 0 radical (unpaired) electrons. The normalized spacial score (nSPS) is 15.9. The van der Waals surface area contributed by atoms with E-state index in [0.29, 0.717) is 16.4 Å². The van der Waals surface area contributed by atoms with E-state index in [9.17, 15) is 19.5 Å². The van der Waals surface area contributed by atoms with Crippen molar-refractivity contribution in [2.45, 2.75) is 39.3 Å². The fourth-order valence-corrected chi connectivity index (χ4v) is 3.25. The number of amides is 2. The Hall–Kier alpha value is -3.06. The lowest BCUT2D eigenvalue weighted by Gasteiger charge is -2.41. The molecule has 152 valence electrons. The topological polar surface area (TPSA) is 95.9 Å². The van der Waals surface area contributed by atoms with Crippen LogP contribution in [0.25, 0.3) is 0 Å². The van der Waals surface area contributed by atoms with Gasteiger partial charge in [-0.2, -0.15) is 0 Å². The van der Waals surface area contributed by atoms with Crippen molar-refractivity contribution in [1.82, 2.24) is 0 Å². The third-order valence-electron chi connectivity index (χ3n) is 4.77. The minimum Gasteiger partial charge on any atom is -0.478 e. The van der Waals surface area contributed by atoms with Crippen LogP contribution in [0, 0.1) is 6.92 Å². The van der Waals surface area contributed by atoms with Crippen LogP contribution in [0.4, 0.5) is 11.4 Å². The standard InChI is InChI=1S/C21H21ClN2O5/c1-11-5-7-14(10-15(11)22)23-18(25)12(2)24-16-8-6-13(19(26)27)9-17(16)29-21(3,4)20(24)28/h5-10,12H,1-4H3,(H,23,25)(H,26,27). The molecule has 7 nitrogen and oxygen atoms in total. The minimum atomic E-state index is -1.26. The molecule has 29 heavy (non-hydrogen) atoms. The molecule has 0 saturated heterocycles. The van der Waals surface area contributed by atoms with Gasteiger partial charge in [-0.15, -0.1) is 0 Å². The number of hydrogen-bond acceptors (Lipinski definition) is 4. The lowest BCUT2D eigenvalue weighted by molar-refractivity contribution is -0.134. The number of rotatable bonds is 4. The molecule has 2 aromatic rings. The number of ether oxygens (including phenoxy) is 1. The Morgan fingerprint density at radius 3 is 2.52 bits per heavy atom. The first-order valence-corrected chi connectivity index (χ1v) is 9.36. The van der Waals surface area contributed by atoms with Crippen LogP contribution in [0.2, 0.25) is 5.02 Å². The second-order valence-electron chi connectivity index (χ2n) is 7.40. The molecule has 1 aliphatic rings. The van der Waals surface area contributed by atoms with E-state index in [-0.39, 0.29) is 11.3 Å². The predicted molar refractivity (Wildman–Crippen MR) is 110 cm³/mol. The molecule has 1 unspecified atom stereocenters. The highest BCUT2D eigenvalue weighted by atomic mass is 35.5. The Bertz CT molecular complexity index is 1020. The van der Waals surface area contributed by atoms with E-state index in [4.69, 9.17) is 16.3 Å². The number of nitrogens with zero attached hydrogens (tertiary/aromatic N) is 1. The summed E-state index contributed by atoms with van der Waals surface area (Å²) in [7, 11) is 0. The predicted octanol–water partition coefficient (Wildman–Crippen LogP) is 3.88. The van der Waals surface area contributed by atoms with Gasteiger partial charge >= 0.3 is 5.97 Å². The number of aryl methyl sites for hydroxylation is 1. The number of carboxylic acid groups (broad SMARTS) is 1. The van der Waals surface area contributed by atoms with Crippen molar-refractivity contribution in [1.29, 1.82) is 0 Å². The molecule has 0 saturated carbocycles. The second-order valence-corrected chi connectivity index (χ2v) is 7.81. The van der Waals surface area contributed by atoms with Crippen LogP contribution in [0.1, 0.15) is 36.7 Å².